The van der Waals surface area contributed by atoms with Gasteiger partial charge in [0, 0.05) is 61.2 Å². The molecule has 10 heteroatoms. The summed E-state index contributed by atoms with van der Waals surface area (Å²) < 4.78 is 12.5. The number of H-pyrrole nitrogens is 2. The van der Waals surface area contributed by atoms with Crippen LogP contribution < -0.4 is 31.2 Å². The van der Waals surface area contributed by atoms with Gasteiger partial charge in [-0.25, -0.2) is 0 Å². The Hall–Kier alpha value is -4.02. The van der Waals surface area contributed by atoms with Gasteiger partial charge in [-0.15, -0.1) is 0 Å². The van der Waals surface area contributed by atoms with Crippen LogP contribution in [0.3, 0.4) is 0 Å². The van der Waals surface area contributed by atoms with E-state index in [1.807, 2.05) is 24.3 Å². The highest BCUT2D eigenvalue weighted by Crippen LogP contribution is 2.33. The zero-order chi connectivity index (χ0) is 34.5. The Morgan fingerprint density at radius 3 is 1.46 bits per heavy atom. The molecule has 2 aromatic heterocycles. The first-order chi connectivity index (χ1) is 24.5. The van der Waals surface area contributed by atoms with Gasteiger partial charge in [0.15, 0.2) is 0 Å². The largest absolute Gasteiger partial charge is 0.490 e. The number of aromatic amines is 2. The Bertz CT molecular complexity index is 1750. The minimum Gasteiger partial charge on any atom is -0.490 e. The molecule has 2 saturated heterocycles. The molecule has 0 saturated carbocycles. The van der Waals surface area contributed by atoms with Gasteiger partial charge in [-0.05, 0) is 114 Å². The summed E-state index contributed by atoms with van der Waals surface area (Å²) in [5.74, 6) is 1.81. The Morgan fingerprint density at radius 1 is 0.640 bits per heavy atom. The topological polar surface area (TPSA) is 115 Å². The highest BCUT2D eigenvalue weighted by atomic mass is 16.5. The molecule has 6 heterocycles. The minimum atomic E-state index is 0.0339. The van der Waals surface area contributed by atoms with E-state index in [0.717, 1.165) is 146 Å². The molecule has 2 fully saturated rings. The normalized spacial score (nSPS) is 18.8. The average Bonchev–Trinajstić information content (AvgIpc) is 3.15. The summed E-state index contributed by atoms with van der Waals surface area (Å²) in [6, 6.07) is 12.1. The summed E-state index contributed by atoms with van der Waals surface area (Å²) in [5.41, 5.74) is 5.57. The maximum atomic E-state index is 12.2. The number of anilines is 2. The van der Waals surface area contributed by atoms with E-state index in [1.54, 1.807) is 0 Å². The van der Waals surface area contributed by atoms with E-state index < -0.39 is 0 Å². The smallest absolute Gasteiger partial charge is 0.253 e. The Kier molecular flexibility index (Phi) is 10.9. The third-order valence-electron chi connectivity index (χ3n) is 10.7. The first kappa shape index (κ1) is 34.4. The van der Waals surface area contributed by atoms with Crippen molar-refractivity contribution >= 4 is 33.2 Å². The third-order valence-corrected chi connectivity index (χ3v) is 10.7. The number of ether oxygens (including phenoxy) is 2. The van der Waals surface area contributed by atoms with Crippen LogP contribution in [0.15, 0.2) is 46.0 Å². The molecule has 268 valence electrons. The summed E-state index contributed by atoms with van der Waals surface area (Å²) in [5, 5.41) is 8.96. The fraction of sp³-hybridized carbons (Fsp3) is 0.550. The van der Waals surface area contributed by atoms with Crippen LogP contribution in [0, 0.1) is 0 Å². The molecule has 4 aliphatic heterocycles. The van der Waals surface area contributed by atoms with Crippen molar-refractivity contribution in [3.63, 3.8) is 0 Å². The number of aromatic nitrogens is 2. The monoisotopic (exact) mass is 682 g/mol. The van der Waals surface area contributed by atoms with E-state index in [-0.39, 0.29) is 23.3 Å². The van der Waals surface area contributed by atoms with E-state index in [1.165, 1.54) is 25.9 Å². The van der Waals surface area contributed by atoms with E-state index >= 15 is 0 Å². The number of nitrogens with zero attached hydrogens (tertiary/aromatic N) is 2. The molecule has 4 aliphatic rings. The molecule has 4 N–H and O–H groups in total. The van der Waals surface area contributed by atoms with Crippen LogP contribution in [0.1, 0.15) is 76.3 Å². The van der Waals surface area contributed by atoms with Gasteiger partial charge in [0.1, 0.15) is 23.7 Å². The van der Waals surface area contributed by atoms with Gasteiger partial charge in [-0.3, -0.25) is 9.59 Å². The van der Waals surface area contributed by atoms with Crippen LogP contribution in [0.4, 0.5) is 11.4 Å². The van der Waals surface area contributed by atoms with Crippen molar-refractivity contribution in [1.29, 1.82) is 0 Å². The van der Waals surface area contributed by atoms with Crippen molar-refractivity contribution in [3.8, 4) is 11.5 Å². The summed E-state index contributed by atoms with van der Waals surface area (Å²) >= 11 is 0. The quantitative estimate of drug-likeness (QED) is 0.172. The number of hydrogen-bond donors (Lipinski definition) is 4. The number of fused-ring (bicyclic) bond motifs is 6. The Morgan fingerprint density at radius 2 is 1.06 bits per heavy atom. The number of benzene rings is 2. The zero-order valence-electron chi connectivity index (χ0n) is 29.9. The fourth-order valence-electron chi connectivity index (χ4n) is 8.13. The summed E-state index contributed by atoms with van der Waals surface area (Å²) in [7, 11) is 0. The predicted octanol–water partition coefficient (Wildman–Crippen LogP) is 6.28. The molecule has 0 atom stereocenters. The van der Waals surface area contributed by atoms with Crippen LogP contribution in [0.25, 0.3) is 21.8 Å². The van der Waals surface area contributed by atoms with Gasteiger partial charge in [-0.2, -0.15) is 0 Å². The van der Waals surface area contributed by atoms with Crippen molar-refractivity contribution in [3.05, 3.63) is 68.2 Å². The molecular weight excluding hydrogens is 628 g/mol. The average molecular weight is 683 g/mol. The van der Waals surface area contributed by atoms with Crippen LogP contribution in [0.2, 0.25) is 0 Å². The molecule has 10 nitrogen and oxygen atoms in total. The van der Waals surface area contributed by atoms with E-state index in [4.69, 9.17) is 9.47 Å². The van der Waals surface area contributed by atoms with Crippen LogP contribution in [-0.4, -0.2) is 84.3 Å². The van der Waals surface area contributed by atoms with Gasteiger partial charge < -0.3 is 39.9 Å². The molecule has 0 radical (unpaired) electrons. The van der Waals surface area contributed by atoms with Crippen molar-refractivity contribution in [2.75, 3.05) is 63.0 Å². The molecule has 8 rings (SSSR count). The second-order valence-electron chi connectivity index (χ2n) is 14.4. The predicted molar refractivity (Wildman–Crippen MR) is 204 cm³/mol. The van der Waals surface area contributed by atoms with Gasteiger partial charge in [-0.1, -0.05) is 13.8 Å². The Labute approximate surface area is 294 Å². The molecule has 50 heavy (non-hydrogen) atoms. The highest BCUT2D eigenvalue weighted by Gasteiger charge is 2.23. The van der Waals surface area contributed by atoms with Crippen LogP contribution in [-0.2, 0) is 12.8 Å². The third kappa shape index (κ3) is 7.81. The molecule has 0 aliphatic carbocycles. The lowest BCUT2D eigenvalue weighted by atomic mass is 10.0. The number of nitrogens with one attached hydrogen (secondary N) is 4. The van der Waals surface area contributed by atoms with Crippen molar-refractivity contribution in [1.82, 2.24) is 19.8 Å². The first-order valence-electron chi connectivity index (χ1n) is 19.1. The summed E-state index contributed by atoms with van der Waals surface area (Å²) in [6.07, 6.45) is 11.0. The van der Waals surface area contributed by atoms with Crippen LogP contribution in [0.5, 0.6) is 11.5 Å². The SMILES string of the molecule is CCCN1CCC(Oc2ccc3[nH]c(=O)c4c(c3c2)NCCC4)CC1.CCCN1CCC(Oc2ccc3[nH]c(=O)c4c(c3c2)NCCC4)CC1. The van der Waals surface area contributed by atoms with E-state index in [9.17, 15) is 9.59 Å². The Balaban J connectivity index is 0.000000157. The van der Waals surface area contributed by atoms with E-state index in [2.05, 4.69) is 56.4 Å². The second kappa shape index (κ2) is 15.9. The van der Waals surface area contributed by atoms with Gasteiger partial charge in [0.25, 0.3) is 11.1 Å². The maximum absolute atomic E-state index is 12.2. The molecule has 0 bridgehead atoms. The molecule has 4 aromatic rings. The zero-order valence-corrected chi connectivity index (χ0v) is 29.9. The lowest BCUT2D eigenvalue weighted by molar-refractivity contribution is 0.101. The number of piperidine rings is 2. The van der Waals surface area contributed by atoms with Crippen molar-refractivity contribution in [2.24, 2.45) is 0 Å². The molecule has 0 unspecified atom stereocenters. The fourth-order valence-corrected chi connectivity index (χ4v) is 8.13. The van der Waals surface area contributed by atoms with Gasteiger partial charge in [0.2, 0.25) is 0 Å². The number of pyridine rings is 2. The van der Waals surface area contributed by atoms with E-state index in [0.29, 0.717) is 0 Å². The van der Waals surface area contributed by atoms with Crippen LogP contribution >= 0.6 is 0 Å². The number of hydrogen-bond acceptors (Lipinski definition) is 8. The summed E-state index contributed by atoms with van der Waals surface area (Å²) in [4.78, 5) is 35.5. The lowest BCUT2D eigenvalue weighted by Crippen LogP contribution is -2.38. The second-order valence-corrected chi connectivity index (χ2v) is 14.4. The first-order valence-corrected chi connectivity index (χ1v) is 19.1. The molecule has 0 spiro atoms. The number of likely N-dealkylation sites (tertiary alicyclic amines) is 2. The van der Waals surface area contributed by atoms with Crippen molar-refractivity contribution < 1.29 is 9.47 Å². The molecular formula is C40H54N6O4. The summed E-state index contributed by atoms with van der Waals surface area (Å²) in [6.45, 7) is 13.2. The molecule has 2 aromatic carbocycles. The van der Waals surface area contributed by atoms with Crippen molar-refractivity contribution in [2.45, 2.75) is 90.3 Å². The van der Waals surface area contributed by atoms with Gasteiger partial charge >= 0.3 is 0 Å². The number of rotatable bonds is 8. The standard InChI is InChI=1S/2C20H27N3O2/c2*1-2-10-23-11-7-14(8-12-23)25-15-5-6-18-17(13-15)19-16(20(24)22-18)4-3-9-21-19/h2*5-6,13-14,21H,2-4,7-12H2,1H3,(H,22,24). The highest BCUT2D eigenvalue weighted by molar-refractivity contribution is 5.95. The minimum absolute atomic E-state index is 0.0339. The van der Waals surface area contributed by atoms with Gasteiger partial charge in [0.05, 0.1) is 22.4 Å². The molecule has 0 amide bonds. The maximum Gasteiger partial charge on any atom is 0.253 e. The lowest BCUT2D eigenvalue weighted by Gasteiger charge is -2.32.